The van der Waals surface area contributed by atoms with Crippen molar-refractivity contribution >= 4 is 28.9 Å². The number of hydrogen-bond donors (Lipinski definition) is 2. The Morgan fingerprint density at radius 3 is 2.85 bits per heavy atom. The second-order valence-electron chi connectivity index (χ2n) is 5.31. The molecule has 0 aromatic heterocycles. The summed E-state index contributed by atoms with van der Waals surface area (Å²) >= 11 is 5.98. The number of hydrogen-bond acceptors (Lipinski definition) is 3. The van der Waals surface area contributed by atoms with Crippen molar-refractivity contribution in [2.75, 3.05) is 24.3 Å². The fraction of sp³-hybridized carbons (Fsp3) is 0.533. The summed E-state index contributed by atoms with van der Waals surface area (Å²) in [4.78, 5) is 11.8. The summed E-state index contributed by atoms with van der Waals surface area (Å²) in [5.41, 5.74) is 6.75. The molecule has 0 unspecified atom stereocenters. The molecule has 5 heteroatoms. The Bertz CT molecular complexity index is 459. The van der Waals surface area contributed by atoms with E-state index < -0.39 is 0 Å². The number of halogens is 1. The van der Waals surface area contributed by atoms with Gasteiger partial charge in [0.15, 0.2) is 0 Å². The van der Waals surface area contributed by atoms with E-state index in [1.54, 1.807) is 18.2 Å². The number of anilines is 2. The van der Waals surface area contributed by atoms with Gasteiger partial charge in [0, 0.05) is 5.69 Å². The third kappa shape index (κ3) is 4.69. The lowest BCUT2D eigenvalue weighted by Crippen LogP contribution is -2.22. The second kappa shape index (κ2) is 7.50. The Balaban J connectivity index is 1.73. The van der Waals surface area contributed by atoms with Crippen LogP contribution in [-0.2, 0) is 9.53 Å². The Morgan fingerprint density at radius 1 is 1.35 bits per heavy atom. The topological polar surface area (TPSA) is 64.3 Å². The monoisotopic (exact) mass is 296 g/mol. The highest BCUT2D eigenvalue weighted by atomic mass is 35.5. The molecule has 4 nitrogen and oxygen atoms in total. The predicted octanol–water partition coefficient (Wildman–Crippen LogP) is 3.46. The van der Waals surface area contributed by atoms with E-state index in [9.17, 15) is 4.79 Å². The zero-order chi connectivity index (χ0) is 14.4. The van der Waals surface area contributed by atoms with Gasteiger partial charge in [-0.15, -0.1) is 0 Å². The first-order valence-electron chi connectivity index (χ1n) is 7.08. The summed E-state index contributed by atoms with van der Waals surface area (Å²) in [6.07, 6.45) is 6.30. The van der Waals surface area contributed by atoms with Crippen molar-refractivity contribution < 1.29 is 9.53 Å². The van der Waals surface area contributed by atoms with Crippen LogP contribution >= 0.6 is 11.6 Å². The third-order valence-corrected chi connectivity index (χ3v) is 3.91. The molecule has 20 heavy (non-hydrogen) atoms. The Hall–Kier alpha value is -1.26. The molecule has 0 saturated heterocycles. The summed E-state index contributed by atoms with van der Waals surface area (Å²) in [5, 5.41) is 3.18. The van der Waals surface area contributed by atoms with Crippen molar-refractivity contribution in [3.05, 3.63) is 23.2 Å². The number of benzene rings is 1. The predicted molar refractivity (Wildman–Crippen MR) is 81.9 cm³/mol. The molecule has 1 aliphatic carbocycles. The number of carbonyl (C=O) groups is 1. The summed E-state index contributed by atoms with van der Waals surface area (Å²) in [7, 11) is 0. The molecule has 0 atom stereocenters. The summed E-state index contributed by atoms with van der Waals surface area (Å²) in [6, 6.07) is 4.99. The minimum absolute atomic E-state index is 0.0572. The van der Waals surface area contributed by atoms with Crippen LogP contribution in [0, 0.1) is 5.92 Å². The highest BCUT2D eigenvalue weighted by molar-refractivity contribution is 6.33. The summed E-state index contributed by atoms with van der Waals surface area (Å²) in [5.74, 6) is 0.404. The van der Waals surface area contributed by atoms with Crippen molar-refractivity contribution in [2.24, 2.45) is 5.92 Å². The zero-order valence-corrected chi connectivity index (χ0v) is 12.3. The number of ether oxygens (including phenoxy) is 1. The van der Waals surface area contributed by atoms with Crippen LogP contribution in [0.25, 0.3) is 0 Å². The van der Waals surface area contributed by atoms with Gasteiger partial charge < -0.3 is 15.8 Å². The summed E-state index contributed by atoms with van der Waals surface area (Å²) < 4.78 is 5.49. The van der Waals surface area contributed by atoms with Crippen LogP contribution in [0.5, 0.6) is 0 Å². The third-order valence-electron chi connectivity index (χ3n) is 3.58. The largest absolute Gasteiger partial charge is 0.399 e. The maximum atomic E-state index is 11.8. The van der Waals surface area contributed by atoms with E-state index in [1.165, 1.54) is 32.1 Å². The van der Waals surface area contributed by atoms with E-state index in [-0.39, 0.29) is 12.5 Å². The molecule has 1 saturated carbocycles. The van der Waals surface area contributed by atoms with Gasteiger partial charge in [0.1, 0.15) is 6.61 Å². The van der Waals surface area contributed by atoms with Crippen molar-refractivity contribution in [1.82, 2.24) is 0 Å². The normalized spacial score (nSPS) is 16.1. The van der Waals surface area contributed by atoms with Gasteiger partial charge in [0.05, 0.1) is 17.3 Å². The van der Waals surface area contributed by atoms with Crippen LogP contribution in [0.3, 0.4) is 0 Å². The quantitative estimate of drug-likeness (QED) is 0.818. The first-order valence-corrected chi connectivity index (χ1v) is 7.45. The van der Waals surface area contributed by atoms with E-state index in [4.69, 9.17) is 22.1 Å². The fourth-order valence-electron chi connectivity index (χ4n) is 2.50. The minimum Gasteiger partial charge on any atom is -0.399 e. The lowest BCUT2D eigenvalue weighted by atomic mass is 9.90. The van der Waals surface area contributed by atoms with Crippen LogP contribution in [-0.4, -0.2) is 19.1 Å². The summed E-state index contributed by atoms with van der Waals surface area (Å²) in [6.45, 7) is 0.722. The van der Waals surface area contributed by atoms with E-state index in [2.05, 4.69) is 5.32 Å². The maximum absolute atomic E-state index is 11.8. The number of nitrogen functional groups attached to an aromatic ring is 1. The highest BCUT2D eigenvalue weighted by Gasteiger charge is 2.14. The molecule has 0 heterocycles. The van der Waals surface area contributed by atoms with Gasteiger partial charge in [-0.1, -0.05) is 30.9 Å². The Labute approximate surface area is 124 Å². The highest BCUT2D eigenvalue weighted by Crippen LogP contribution is 2.25. The molecule has 0 bridgehead atoms. The molecule has 1 aromatic carbocycles. The van der Waals surface area contributed by atoms with Crippen LogP contribution < -0.4 is 11.1 Å². The maximum Gasteiger partial charge on any atom is 0.250 e. The van der Waals surface area contributed by atoms with Gasteiger partial charge in [-0.2, -0.15) is 0 Å². The zero-order valence-electron chi connectivity index (χ0n) is 11.5. The van der Waals surface area contributed by atoms with Crippen LogP contribution in [0.15, 0.2) is 18.2 Å². The van der Waals surface area contributed by atoms with Crippen LogP contribution in [0.4, 0.5) is 11.4 Å². The molecular formula is C15H21ClN2O2. The van der Waals surface area contributed by atoms with Crippen LogP contribution in [0.1, 0.15) is 32.1 Å². The number of rotatable bonds is 5. The molecule has 3 N–H and O–H groups in total. The smallest absolute Gasteiger partial charge is 0.250 e. The molecule has 1 aromatic rings. The number of nitrogens with two attached hydrogens (primary N) is 1. The van der Waals surface area contributed by atoms with Gasteiger partial charge in [-0.25, -0.2) is 0 Å². The lowest BCUT2D eigenvalue weighted by Gasteiger charge is -2.21. The first kappa shape index (κ1) is 15.1. The van der Waals surface area contributed by atoms with E-state index in [1.807, 2.05) is 0 Å². The first-order chi connectivity index (χ1) is 9.65. The Kier molecular flexibility index (Phi) is 5.68. The van der Waals surface area contributed by atoms with Crippen LogP contribution in [0.2, 0.25) is 5.02 Å². The van der Waals surface area contributed by atoms with Crippen molar-refractivity contribution in [2.45, 2.75) is 32.1 Å². The SMILES string of the molecule is Nc1ccc(Cl)c(NC(=O)COCC2CCCCC2)c1. The molecular weight excluding hydrogens is 276 g/mol. The molecule has 2 rings (SSSR count). The van der Waals surface area contributed by atoms with Gasteiger partial charge >= 0.3 is 0 Å². The number of amides is 1. The molecule has 0 spiro atoms. The van der Waals surface area contributed by atoms with E-state index >= 15 is 0 Å². The number of nitrogens with one attached hydrogen (secondary N) is 1. The molecule has 0 radical (unpaired) electrons. The standard InChI is InChI=1S/C15H21ClN2O2/c16-13-7-6-12(17)8-14(13)18-15(19)10-20-9-11-4-2-1-3-5-11/h6-8,11H,1-5,9-10,17H2,(H,18,19). The van der Waals surface area contributed by atoms with Gasteiger partial charge in [0.25, 0.3) is 0 Å². The molecule has 1 amide bonds. The van der Waals surface area contributed by atoms with E-state index in [0.29, 0.717) is 28.9 Å². The van der Waals surface area contributed by atoms with E-state index in [0.717, 1.165) is 0 Å². The molecule has 110 valence electrons. The van der Waals surface area contributed by atoms with Gasteiger partial charge in [-0.3, -0.25) is 4.79 Å². The van der Waals surface area contributed by atoms with Gasteiger partial charge in [0.2, 0.25) is 5.91 Å². The fourth-order valence-corrected chi connectivity index (χ4v) is 2.66. The average Bonchev–Trinajstić information content (AvgIpc) is 2.44. The molecule has 1 aliphatic rings. The van der Waals surface area contributed by atoms with Crippen molar-refractivity contribution in [3.8, 4) is 0 Å². The van der Waals surface area contributed by atoms with Gasteiger partial charge in [-0.05, 0) is 37.0 Å². The molecule has 1 fully saturated rings. The van der Waals surface area contributed by atoms with Crippen molar-refractivity contribution in [3.63, 3.8) is 0 Å². The van der Waals surface area contributed by atoms with Crippen molar-refractivity contribution in [1.29, 1.82) is 0 Å². The lowest BCUT2D eigenvalue weighted by molar-refractivity contribution is -0.121. The second-order valence-corrected chi connectivity index (χ2v) is 5.71. The average molecular weight is 297 g/mol. The Morgan fingerprint density at radius 2 is 2.10 bits per heavy atom. The minimum atomic E-state index is -0.201. The molecule has 0 aliphatic heterocycles. The number of carbonyl (C=O) groups excluding carboxylic acids is 1.